The molecule has 0 saturated carbocycles. The third-order valence-corrected chi connectivity index (χ3v) is 3.87. The maximum atomic E-state index is 9.48. The van der Waals surface area contributed by atoms with Crippen molar-refractivity contribution in [2.24, 2.45) is 11.5 Å². The predicted octanol–water partition coefficient (Wildman–Crippen LogP) is 3.49. The van der Waals surface area contributed by atoms with Gasteiger partial charge in [0.25, 0.3) is 0 Å². The summed E-state index contributed by atoms with van der Waals surface area (Å²) in [4.78, 5) is 0. The lowest BCUT2D eigenvalue weighted by Crippen LogP contribution is -2.20. The standard InChI is InChI=1S/C15H16Cl2N2O2/c16-11-5-10(21)6-12(17)15(11)14(19)7-13(18)8-2-1-3-9(20)4-8/h1-6,13-14,20-21H,7,18-19H2. The molecule has 2 rings (SSSR count). The molecule has 6 heteroatoms. The Morgan fingerprint density at radius 2 is 1.52 bits per heavy atom. The molecular weight excluding hydrogens is 311 g/mol. The van der Waals surface area contributed by atoms with Gasteiger partial charge in [0.05, 0.1) is 10.0 Å². The summed E-state index contributed by atoms with van der Waals surface area (Å²) in [6, 6.07) is 8.64. The monoisotopic (exact) mass is 326 g/mol. The first kappa shape index (κ1) is 15.9. The topological polar surface area (TPSA) is 92.5 Å². The van der Waals surface area contributed by atoms with E-state index in [9.17, 15) is 10.2 Å². The molecule has 2 aromatic rings. The Kier molecular flexibility index (Phi) is 4.96. The Balaban J connectivity index is 2.20. The third-order valence-electron chi connectivity index (χ3n) is 3.24. The number of phenolic OH excluding ortho intramolecular Hbond substituents is 2. The first-order valence-corrected chi connectivity index (χ1v) is 7.12. The van der Waals surface area contributed by atoms with E-state index in [4.69, 9.17) is 34.7 Å². The van der Waals surface area contributed by atoms with E-state index >= 15 is 0 Å². The summed E-state index contributed by atoms with van der Waals surface area (Å²) >= 11 is 12.2. The SMILES string of the molecule is NC(CC(N)c1c(Cl)cc(O)cc1Cl)c1cccc(O)c1. The number of halogens is 2. The summed E-state index contributed by atoms with van der Waals surface area (Å²) in [5.74, 6) is 0.135. The molecule has 21 heavy (non-hydrogen) atoms. The molecular formula is C15H16Cl2N2O2. The van der Waals surface area contributed by atoms with Crippen molar-refractivity contribution in [1.29, 1.82) is 0 Å². The molecule has 0 saturated heterocycles. The molecule has 0 aromatic heterocycles. The second-order valence-corrected chi connectivity index (χ2v) is 5.68. The van der Waals surface area contributed by atoms with Gasteiger partial charge in [0, 0.05) is 17.6 Å². The highest BCUT2D eigenvalue weighted by molar-refractivity contribution is 6.36. The molecule has 0 fully saturated rings. The Morgan fingerprint density at radius 3 is 2.10 bits per heavy atom. The van der Waals surface area contributed by atoms with Gasteiger partial charge in [-0.05, 0) is 36.2 Å². The molecule has 0 bridgehead atoms. The zero-order valence-electron chi connectivity index (χ0n) is 11.1. The van der Waals surface area contributed by atoms with Crippen LogP contribution >= 0.6 is 23.2 Å². The zero-order valence-corrected chi connectivity index (χ0v) is 12.6. The first-order chi connectivity index (χ1) is 9.88. The third kappa shape index (κ3) is 3.80. The summed E-state index contributed by atoms with van der Waals surface area (Å²) in [6.45, 7) is 0. The number of benzene rings is 2. The lowest BCUT2D eigenvalue weighted by molar-refractivity contribution is 0.471. The smallest absolute Gasteiger partial charge is 0.118 e. The van der Waals surface area contributed by atoms with Crippen molar-refractivity contribution in [3.05, 3.63) is 57.6 Å². The predicted molar refractivity (Wildman–Crippen MR) is 84.7 cm³/mol. The van der Waals surface area contributed by atoms with E-state index in [-0.39, 0.29) is 17.5 Å². The lowest BCUT2D eigenvalue weighted by atomic mass is 9.95. The van der Waals surface area contributed by atoms with Crippen molar-refractivity contribution in [2.45, 2.75) is 18.5 Å². The van der Waals surface area contributed by atoms with Gasteiger partial charge < -0.3 is 21.7 Å². The minimum atomic E-state index is -0.483. The normalized spacial score (nSPS) is 13.9. The van der Waals surface area contributed by atoms with E-state index in [1.54, 1.807) is 18.2 Å². The second kappa shape index (κ2) is 6.54. The molecule has 0 amide bonds. The van der Waals surface area contributed by atoms with Gasteiger partial charge in [-0.1, -0.05) is 35.3 Å². The number of rotatable bonds is 4. The van der Waals surface area contributed by atoms with Gasteiger partial charge >= 0.3 is 0 Å². The number of phenols is 2. The fraction of sp³-hybridized carbons (Fsp3) is 0.200. The number of aromatic hydroxyl groups is 2. The van der Waals surface area contributed by atoms with E-state index in [0.717, 1.165) is 5.56 Å². The average molecular weight is 327 g/mol. The van der Waals surface area contributed by atoms with E-state index < -0.39 is 6.04 Å². The van der Waals surface area contributed by atoms with Crippen molar-refractivity contribution < 1.29 is 10.2 Å². The summed E-state index contributed by atoms with van der Waals surface area (Å²) in [5, 5.41) is 19.5. The minimum absolute atomic E-state index is 0.0155. The summed E-state index contributed by atoms with van der Waals surface area (Å²) in [7, 11) is 0. The van der Waals surface area contributed by atoms with E-state index in [1.165, 1.54) is 12.1 Å². The Bertz CT molecular complexity index is 626. The van der Waals surface area contributed by atoms with Crippen LogP contribution in [0, 0.1) is 0 Å². The molecule has 4 nitrogen and oxygen atoms in total. The Hall–Kier alpha value is -1.46. The van der Waals surface area contributed by atoms with Crippen LogP contribution in [-0.4, -0.2) is 10.2 Å². The highest BCUT2D eigenvalue weighted by atomic mass is 35.5. The largest absolute Gasteiger partial charge is 0.508 e. The Morgan fingerprint density at radius 1 is 0.905 bits per heavy atom. The number of hydrogen-bond acceptors (Lipinski definition) is 4. The van der Waals surface area contributed by atoms with Crippen molar-refractivity contribution in [3.8, 4) is 11.5 Å². The second-order valence-electron chi connectivity index (χ2n) is 4.87. The lowest BCUT2D eigenvalue weighted by Gasteiger charge is -2.20. The van der Waals surface area contributed by atoms with Crippen molar-refractivity contribution in [1.82, 2.24) is 0 Å². The van der Waals surface area contributed by atoms with Crippen molar-refractivity contribution >= 4 is 23.2 Å². The van der Waals surface area contributed by atoms with Gasteiger partial charge in [0.15, 0.2) is 0 Å². The average Bonchev–Trinajstić information content (AvgIpc) is 2.37. The van der Waals surface area contributed by atoms with Gasteiger partial charge in [-0.3, -0.25) is 0 Å². The maximum absolute atomic E-state index is 9.48. The minimum Gasteiger partial charge on any atom is -0.508 e. The zero-order chi connectivity index (χ0) is 15.6. The van der Waals surface area contributed by atoms with Gasteiger partial charge in [-0.25, -0.2) is 0 Å². The van der Waals surface area contributed by atoms with Gasteiger partial charge in [-0.15, -0.1) is 0 Å². The number of hydrogen-bond donors (Lipinski definition) is 4. The molecule has 0 aliphatic heterocycles. The van der Waals surface area contributed by atoms with E-state index in [2.05, 4.69) is 0 Å². The van der Waals surface area contributed by atoms with Crippen molar-refractivity contribution in [3.63, 3.8) is 0 Å². The summed E-state index contributed by atoms with van der Waals surface area (Å²) < 4.78 is 0. The van der Waals surface area contributed by atoms with Crippen LogP contribution < -0.4 is 11.5 Å². The summed E-state index contributed by atoms with van der Waals surface area (Å²) in [6.07, 6.45) is 0.396. The molecule has 2 unspecified atom stereocenters. The van der Waals surface area contributed by atoms with Crippen molar-refractivity contribution in [2.75, 3.05) is 0 Å². The van der Waals surface area contributed by atoms with Crippen LogP contribution in [0.5, 0.6) is 11.5 Å². The van der Waals surface area contributed by atoms with Crippen LogP contribution in [0.1, 0.15) is 29.6 Å². The van der Waals surface area contributed by atoms with Gasteiger partial charge in [0.1, 0.15) is 11.5 Å². The Labute approximate surface area is 132 Å². The summed E-state index contributed by atoms with van der Waals surface area (Å²) in [5.41, 5.74) is 13.6. The molecule has 0 heterocycles. The molecule has 0 spiro atoms. The van der Waals surface area contributed by atoms with Gasteiger partial charge in [-0.2, -0.15) is 0 Å². The first-order valence-electron chi connectivity index (χ1n) is 6.36. The van der Waals surface area contributed by atoms with Crippen LogP contribution in [0.2, 0.25) is 10.0 Å². The molecule has 0 aliphatic carbocycles. The van der Waals surface area contributed by atoms with Crippen LogP contribution in [0.3, 0.4) is 0 Å². The fourth-order valence-electron chi connectivity index (χ4n) is 2.21. The highest BCUT2D eigenvalue weighted by Gasteiger charge is 2.19. The molecule has 6 N–H and O–H groups in total. The highest BCUT2D eigenvalue weighted by Crippen LogP contribution is 2.36. The van der Waals surface area contributed by atoms with Crippen LogP contribution in [-0.2, 0) is 0 Å². The maximum Gasteiger partial charge on any atom is 0.118 e. The number of nitrogens with two attached hydrogens (primary N) is 2. The van der Waals surface area contributed by atoms with E-state index in [0.29, 0.717) is 22.0 Å². The molecule has 2 aromatic carbocycles. The molecule has 2 atom stereocenters. The van der Waals surface area contributed by atoms with Crippen LogP contribution in [0.15, 0.2) is 36.4 Å². The molecule has 112 valence electrons. The van der Waals surface area contributed by atoms with Crippen LogP contribution in [0.4, 0.5) is 0 Å². The fourth-order valence-corrected chi connectivity index (χ4v) is 2.96. The molecule has 0 aliphatic rings. The quantitative estimate of drug-likeness (QED) is 0.691. The molecule has 0 radical (unpaired) electrons. The van der Waals surface area contributed by atoms with Crippen LogP contribution in [0.25, 0.3) is 0 Å². The van der Waals surface area contributed by atoms with E-state index in [1.807, 2.05) is 6.07 Å². The van der Waals surface area contributed by atoms with Gasteiger partial charge in [0.2, 0.25) is 0 Å².